The lowest BCUT2D eigenvalue weighted by molar-refractivity contribution is 0.255. The third-order valence-corrected chi connectivity index (χ3v) is 3.00. The number of rotatable bonds is 5. The Kier molecular flexibility index (Phi) is 5.90. The number of allylic oxidation sites excluding steroid dienone is 1. The first-order valence-corrected chi connectivity index (χ1v) is 6.44. The zero-order valence-corrected chi connectivity index (χ0v) is 12.6. The summed E-state index contributed by atoms with van der Waals surface area (Å²) in [4.78, 5) is 11.8. The number of anilines is 1. The maximum atomic E-state index is 11.8. The molecule has 0 atom stereocenters. The summed E-state index contributed by atoms with van der Waals surface area (Å²) in [7, 11) is 3.12. The summed E-state index contributed by atoms with van der Waals surface area (Å²) in [5, 5.41) is 5.43. The molecule has 0 aromatic heterocycles. The van der Waals surface area contributed by atoms with E-state index in [9.17, 15) is 4.79 Å². The minimum atomic E-state index is -0.312. The molecule has 1 aromatic carbocycles. The first-order chi connectivity index (χ1) is 9.47. The molecule has 0 bridgehead atoms. The number of carbonyl (C=O) groups is 1. The van der Waals surface area contributed by atoms with Gasteiger partial charge >= 0.3 is 6.03 Å². The molecule has 5 heteroatoms. The van der Waals surface area contributed by atoms with Crippen molar-refractivity contribution in [3.8, 4) is 11.5 Å². The molecule has 0 spiro atoms. The first-order valence-electron chi connectivity index (χ1n) is 6.44. The highest BCUT2D eigenvalue weighted by Crippen LogP contribution is 2.28. The normalized spacial score (nSPS) is 11.2. The second-order valence-corrected chi connectivity index (χ2v) is 4.71. The van der Waals surface area contributed by atoms with Crippen LogP contribution in [0.3, 0.4) is 0 Å². The number of benzene rings is 1. The molecule has 2 N–H and O–H groups in total. The number of methoxy groups -OCH3 is 2. The van der Waals surface area contributed by atoms with E-state index in [2.05, 4.69) is 24.5 Å². The van der Waals surface area contributed by atoms with E-state index in [0.29, 0.717) is 23.1 Å². The molecule has 0 radical (unpaired) electrons. The van der Waals surface area contributed by atoms with Gasteiger partial charge in [0.1, 0.15) is 11.5 Å². The van der Waals surface area contributed by atoms with Gasteiger partial charge in [0.05, 0.1) is 19.9 Å². The van der Waals surface area contributed by atoms with Gasteiger partial charge in [-0.3, -0.25) is 0 Å². The van der Waals surface area contributed by atoms with Gasteiger partial charge in [0, 0.05) is 12.3 Å². The summed E-state index contributed by atoms with van der Waals surface area (Å²) in [6.07, 6.45) is 1.70. The van der Waals surface area contributed by atoms with Crippen molar-refractivity contribution in [3.63, 3.8) is 0 Å². The van der Waals surface area contributed by atoms with E-state index in [1.54, 1.807) is 38.6 Å². The third-order valence-electron chi connectivity index (χ3n) is 3.00. The van der Waals surface area contributed by atoms with E-state index in [1.807, 2.05) is 6.92 Å². The molecule has 1 rings (SSSR count). The molecule has 0 aliphatic carbocycles. The Bertz CT molecular complexity index is 496. The molecule has 0 aliphatic rings. The highest BCUT2D eigenvalue weighted by Gasteiger charge is 2.08. The molecule has 110 valence electrons. The molecule has 0 saturated heterocycles. The van der Waals surface area contributed by atoms with Crippen molar-refractivity contribution in [3.05, 3.63) is 30.0 Å². The maximum absolute atomic E-state index is 11.8. The van der Waals surface area contributed by atoms with Crippen LogP contribution in [0.1, 0.15) is 20.8 Å². The van der Waals surface area contributed by atoms with Crippen molar-refractivity contribution < 1.29 is 14.3 Å². The van der Waals surface area contributed by atoms with Crippen LogP contribution >= 0.6 is 0 Å². The average molecular weight is 278 g/mol. The number of amides is 2. The zero-order chi connectivity index (χ0) is 15.1. The number of hydrogen-bond donors (Lipinski definition) is 2. The predicted molar refractivity (Wildman–Crippen MR) is 80.3 cm³/mol. The van der Waals surface area contributed by atoms with Gasteiger partial charge in [0.2, 0.25) is 0 Å². The Morgan fingerprint density at radius 2 is 1.95 bits per heavy atom. The Morgan fingerprint density at radius 3 is 2.50 bits per heavy atom. The molecule has 1 aromatic rings. The lowest BCUT2D eigenvalue weighted by Gasteiger charge is -2.12. The topological polar surface area (TPSA) is 59.6 Å². The lowest BCUT2D eigenvalue weighted by Crippen LogP contribution is -2.24. The predicted octanol–water partition coefficient (Wildman–Crippen LogP) is 3.39. The van der Waals surface area contributed by atoms with Gasteiger partial charge in [0.25, 0.3) is 0 Å². The van der Waals surface area contributed by atoms with Crippen LogP contribution in [0.15, 0.2) is 30.0 Å². The number of hydrogen-bond acceptors (Lipinski definition) is 3. The van der Waals surface area contributed by atoms with Crippen LogP contribution in [-0.2, 0) is 0 Å². The highest BCUT2D eigenvalue weighted by molar-refractivity contribution is 5.91. The van der Waals surface area contributed by atoms with E-state index < -0.39 is 0 Å². The second kappa shape index (κ2) is 7.43. The molecule has 2 amide bonds. The van der Waals surface area contributed by atoms with Crippen molar-refractivity contribution in [2.45, 2.75) is 20.8 Å². The second-order valence-electron chi connectivity index (χ2n) is 4.71. The van der Waals surface area contributed by atoms with E-state index in [1.165, 1.54) is 0 Å². The van der Waals surface area contributed by atoms with Crippen LogP contribution in [0, 0.1) is 5.92 Å². The van der Waals surface area contributed by atoms with Gasteiger partial charge in [-0.1, -0.05) is 19.4 Å². The van der Waals surface area contributed by atoms with E-state index in [-0.39, 0.29) is 6.03 Å². The molecular weight excluding hydrogens is 256 g/mol. The van der Waals surface area contributed by atoms with Crippen molar-refractivity contribution in [1.82, 2.24) is 5.32 Å². The van der Waals surface area contributed by atoms with E-state index in [0.717, 1.165) is 5.57 Å². The maximum Gasteiger partial charge on any atom is 0.323 e. The molecule has 0 heterocycles. The number of carbonyl (C=O) groups excluding carboxylic acids is 1. The fourth-order valence-corrected chi connectivity index (χ4v) is 1.41. The SMILES string of the molecule is COc1ccc(NC(=O)N/C=C(\C)C(C)C)c(OC)c1. The lowest BCUT2D eigenvalue weighted by atomic mass is 10.1. The van der Waals surface area contributed by atoms with Gasteiger partial charge in [-0.25, -0.2) is 4.79 Å². The largest absolute Gasteiger partial charge is 0.497 e. The van der Waals surface area contributed by atoms with Crippen LogP contribution < -0.4 is 20.1 Å². The molecule has 0 aliphatic heterocycles. The quantitative estimate of drug-likeness (QED) is 0.868. The molecule has 20 heavy (non-hydrogen) atoms. The van der Waals surface area contributed by atoms with Crippen molar-refractivity contribution >= 4 is 11.7 Å². The van der Waals surface area contributed by atoms with Gasteiger partial charge in [-0.15, -0.1) is 0 Å². The number of nitrogens with one attached hydrogen (secondary N) is 2. The Balaban J connectivity index is 2.73. The summed E-state index contributed by atoms with van der Waals surface area (Å²) in [6.45, 7) is 6.11. The van der Waals surface area contributed by atoms with Gasteiger partial charge in [0.15, 0.2) is 0 Å². The summed E-state index contributed by atoms with van der Waals surface area (Å²) in [5.74, 6) is 1.61. The molecule has 5 nitrogen and oxygen atoms in total. The van der Waals surface area contributed by atoms with Crippen molar-refractivity contribution in [2.75, 3.05) is 19.5 Å². The highest BCUT2D eigenvalue weighted by atomic mass is 16.5. The van der Waals surface area contributed by atoms with Crippen molar-refractivity contribution in [2.24, 2.45) is 5.92 Å². The Hall–Kier alpha value is -2.17. The Morgan fingerprint density at radius 1 is 1.25 bits per heavy atom. The van der Waals surface area contributed by atoms with Gasteiger partial charge < -0.3 is 20.1 Å². The first kappa shape index (κ1) is 15.9. The number of ether oxygens (including phenoxy) is 2. The monoisotopic (exact) mass is 278 g/mol. The number of urea groups is 1. The van der Waals surface area contributed by atoms with Crippen LogP contribution in [0.25, 0.3) is 0 Å². The van der Waals surface area contributed by atoms with Crippen LogP contribution in [0.5, 0.6) is 11.5 Å². The Labute approximate surface area is 120 Å². The van der Waals surface area contributed by atoms with Crippen molar-refractivity contribution in [1.29, 1.82) is 0 Å². The molecule has 0 fully saturated rings. The van der Waals surface area contributed by atoms with Crippen LogP contribution in [0.2, 0.25) is 0 Å². The average Bonchev–Trinajstić information content (AvgIpc) is 2.44. The fourth-order valence-electron chi connectivity index (χ4n) is 1.41. The summed E-state index contributed by atoms with van der Waals surface area (Å²) in [6, 6.07) is 4.89. The van der Waals surface area contributed by atoms with Gasteiger partial charge in [-0.2, -0.15) is 0 Å². The standard InChI is InChI=1S/C15H22N2O3/c1-10(2)11(3)9-16-15(18)17-13-7-6-12(19-4)8-14(13)20-5/h6-10H,1-5H3,(H2,16,17,18)/b11-9+. The fraction of sp³-hybridized carbons (Fsp3) is 0.400. The third kappa shape index (κ3) is 4.50. The summed E-state index contributed by atoms with van der Waals surface area (Å²) >= 11 is 0. The van der Waals surface area contributed by atoms with Gasteiger partial charge in [-0.05, 0) is 25.0 Å². The smallest absolute Gasteiger partial charge is 0.323 e. The van der Waals surface area contributed by atoms with Crippen LogP contribution in [0.4, 0.5) is 10.5 Å². The summed E-state index contributed by atoms with van der Waals surface area (Å²) in [5.41, 5.74) is 1.68. The molecule has 0 saturated carbocycles. The van der Waals surface area contributed by atoms with E-state index >= 15 is 0 Å². The minimum Gasteiger partial charge on any atom is -0.497 e. The minimum absolute atomic E-state index is 0.312. The zero-order valence-electron chi connectivity index (χ0n) is 12.6. The summed E-state index contributed by atoms with van der Waals surface area (Å²) < 4.78 is 10.3. The molecular formula is C15H22N2O3. The van der Waals surface area contributed by atoms with E-state index in [4.69, 9.17) is 9.47 Å². The molecule has 0 unspecified atom stereocenters. The van der Waals surface area contributed by atoms with Crippen LogP contribution in [-0.4, -0.2) is 20.3 Å².